The second kappa shape index (κ2) is 7.09. The van der Waals surface area contributed by atoms with Crippen LogP contribution in [0.25, 0.3) is 0 Å². The van der Waals surface area contributed by atoms with E-state index in [1.807, 2.05) is 23.7 Å². The molecule has 1 fully saturated rings. The Bertz CT molecular complexity index is 1090. The number of aliphatic imine (C=N–C) groups is 1. The largest absolute Gasteiger partial charge is 0.493 e. The molecule has 9 heteroatoms. The highest BCUT2D eigenvalue weighted by Gasteiger charge is 2.36. The second-order valence-electron chi connectivity index (χ2n) is 8.39. The predicted molar refractivity (Wildman–Crippen MR) is 115 cm³/mol. The minimum atomic E-state index is -0.233. The summed E-state index contributed by atoms with van der Waals surface area (Å²) < 4.78 is 24.4. The van der Waals surface area contributed by atoms with Crippen molar-refractivity contribution in [3.8, 4) is 17.2 Å². The summed E-state index contributed by atoms with van der Waals surface area (Å²) >= 11 is 1.56. The van der Waals surface area contributed by atoms with Crippen LogP contribution in [-0.2, 0) is 4.74 Å². The third-order valence-electron chi connectivity index (χ3n) is 5.77. The summed E-state index contributed by atoms with van der Waals surface area (Å²) in [6, 6.07) is 3.98. The van der Waals surface area contributed by atoms with Gasteiger partial charge in [-0.2, -0.15) is 0 Å². The molecule has 1 saturated heterocycles. The molecule has 1 aromatic heterocycles. The number of rotatable bonds is 3. The summed E-state index contributed by atoms with van der Waals surface area (Å²) in [4.78, 5) is 17.9. The summed E-state index contributed by atoms with van der Waals surface area (Å²) in [6.07, 6.45) is 1.65. The number of aromatic amines is 1. The Kier molecular flexibility index (Phi) is 4.62. The average Bonchev–Trinajstić information content (AvgIpc) is 3.30. The maximum Gasteiger partial charge on any atom is 0.271 e. The van der Waals surface area contributed by atoms with Crippen molar-refractivity contribution in [2.45, 2.75) is 50.5 Å². The second-order valence-corrected chi connectivity index (χ2v) is 9.69. The third kappa shape index (κ3) is 3.20. The molecule has 5 rings (SSSR count). The highest BCUT2D eigenvalue weighted by Crippen LogP contribution is 2.50. The van der Waals surface area contributed by atoms with Gasteiger partial charge < -0.3 is 18.9 Å². The number of H-pyrrole nitrogens is 1. The van der Waals surface area contributed by atoms with Crippen molar-refractivity contribution in [3.63, 3.8) is 0 Å². The van der Waals surface area contributed by atoms with Crippen LogP contribution in [0.4, 0.5) is 5.82 Å². The number of fused-ring (bicyclic) bond motifs is 2. The van der Waals surface area contributed by atoms with Gasteiger partial charge in [-0.3, -0.25) is 14.6 Å². The van der Waals surface area contributed by atoms with E-state index in [2.05, 4.69) is 18.9 Å². The Morgan fingerprint density at radius 1 is 1.33 bits per heavy atom. The molecular weight excluding hydrogens is 406 g/mol. The maximum atomic E-state index is 13.1. The molecule has 0 spiro atoms. The van der Waals surface area contributed by atoms with Crippen LogP contribution in [-0.4, -0.2) is 40.9 Å². The fraction of sp³-hybridized carbons (Fsp3) is 0.524. The van der Waals surface area contributed by atoms with E-state index in [1.165, 1.54) is 0 Å². The van der Waals surface area contributed by atoms with Crippen molar-refractivity contribution < 1.29 is 18.9 Å². The molecule has 0 saturated carbocycles. The minimum absolute atomic E-state index is 0.111. The molecule has 1 N–H and O–H groups in total. The van der Waals surface area contributed by atoms with Gasteiger partial charge in [-0.15, -0.1) is 0 Å². The molecule has 2 aromatic rings. The molecule has 8 nitrogen and oxygen atoms in total. The van der Waals surface area contributed by atoms with Gasteiger partial charge in [0.1, 0.15) is 0 Å². The lowest BCUT2D eigenvalue weighted by Crippen LogP contribution is -2.35. The number of hydrogen-bond acceptors (Lipinski definition) is 7. The quantitative estimate of drug-likeness (QED) is 0.792. The van der Waals surface area contributed by atoms with Gasteiger partial charge in [0, 0.05) is 6.61 Å². The SMILES string of the molecule is COc1cc([C@H]2SC(C)=Nc3c2c(=O)[nH]n3[C@H]2CCOC(C)(C)C2)cc2c1OCO2. The van der Waals surface area contributed by atoms with Crippen LogP contribution in [0.3, 0.4) is 0 Å². The molecule has 1 aromatic carbocycles. The number of methoxy groups -OCH3 is 1. The first-order valence-corrected chi connectivity index (χ1v) is 10.9. The smallest absolute Gasteiger partial charge is 0.271 e. The Labute approximate surface area is 178 Å². The molecule has 4 heterocycles. The van der Waals surface area contributed by atoms with Crippen molar-refractivity contribution >= 4 is 22.6 Å². The highest BCUT2D eigenvalue weighted by molar-refractivity contribution is 8.14. The molecular formula is C21H25N3O5S. The van der Waals surface area contributed by atoms with Gasteiger partial charge in [0.2, 0.25) is 12.5 Å². The van der Waals surface area contributed by atoms with E-state index in [-0.39, 0.29) is 29.2 Å². The number of nitrogens with one attached hydrogen (secondary N) is 1. The number of aromatic nitrogens is 2. The highest BCUT2D eigenvalue weighted by atomic mass is 32.2. The van der Waals surface area contributed by atoms with Crippen LogP contribution in [0.5, 0.6) is 17.2 Å². The van der Waals surface area contributed by atoms with Crippen molar-refractivity contribution in [2.24, 2.45) is 4.99 Å². The lowest BCUT2D eigenvalue weighted by Gasteiger charge is -2.36. The van der Waals surface area contributed by atoms with Crippen molar-refractivity contribution in [1.82, 2.24) is 9.78 Å². The van der Waals surface area contributed by atoms with Gasteiger partial charge in [-0.1, -0.05) is 11.8 Å². The first-order valence-electron chi connectivity index (χ1n) is 10.0. The molecule has 0 radical (unpaired) electrons. The van der Waals surface area contributed by atoms with Gasteiger partial charge in [0.15, 0.2) is 17.3 Å². The molecule has 0 aliphatic carbocycles. The van der Waals surface area contributed by atoms with E-state index in [4.69, 9.17) is 23.9 Å². The van der Waals surface area contributed by atoms with Crippen LogP contribution >= 0.6 is 11.8 Å². The Balaban J connectivity index is 1.60. The third-order valence-corrected chi connectivity index (χ3v) is 6.95. The van der Waals surface area contributed by atoms with Crippen LogP contribution in [0.1, 0.15) is 56.0 Å². The standard InChI is InChI=1S/C21H25N3O5S/c1-11-22-19-16(20(25)23-24(19)13-5-6-29-21(2,3)9-13)18(30-11)12-7-14(26-4)17-15(8-12)27-10-28-17/h7-8,13,18H,5-6,9-10H2,1-4H3,(H,23,25)/t13-,18+/m0/s1. The number of nitrogens with zero attached hydrogens (tertiary/aromatic N) is 2. The van der Waals surface area contributed by atoms with Crippen LogP contribution in [0.15, 0.2) is 21.9 Å². The fourth-order valence-electron chi connectivity index (χ4n) is 4.43. The molecule has 0 unspecified atom stereocenters. The summed E-state index contributed by atoms with van der Waals surface area (Å²) in [7, 11) is 1.60. The van der Waals surface area contributed by atoms with Gasteiger partial charge in [-0.25, -0.2) is 4.99 Å². The minimum Gasteiger partial charge on any atom is -0.493 e. The van der Waals surface area contributed by atoms with E-state index < -0.39 is 0 Å². The van der Waals surface area contributed by atoms with Gasteiger partial charge in [-0.05, 0) is 51.3 Å². The zero-order valence-electron chi connectivity index (χ0n) is 17.5. The summed E-state index contributed by atoms with van der Waals surface area (Å²) in [5.74, 6) is 2.54. The number of hydrogen-bond donors (Lipinski definition) is 1. The van der Waals surface area contributed by atoms with Crippen molar-refractivity contribution in [2.75, 3.05) is 20.5 Å². The summed E-state index contributed by atoms with van der Waals surface area (Å²) in [6.45, 7) is 6.96. The number of benzene rings is 1. The lowest BCUT2D eigenvalue weighted by molar-refractivity contribution is -0.0705. The Hall–Kier alpha value is -2.39. The Morgan fingerprint density at radius 3 is 2.93 bits per heavy atom. The maximum absolute atomic E-state index is 13.1. The lowest BCUT2D eigenvalue weighted by atomic mass is 9.94. The average molecular weight is 432 g/mol. The van der Waals surface area contributed by atoms with Crippen LogP contribution in [0.2, 0.25) is 0 Å². The Morgan fingerprint density at radius 2 is 2.17 bits per heavy atom. The predicted octanol–water partition coefficient (Wildman–Crippen LogP) is 3.93. The normalized spacial score (nSPS) is 24.3. The first-order chi connectivity index (χ1) is 14.4. The van der Waals surface area contributed by atoms with E-state index >= 15 is 0 Å². The molecule has 3 aliphatic heterocycles. The van der Waals surface area contributed by atoms with E-state index in [0.29, 0.717) is 35.2 Å². The van der Waals surface area contributed by atoms with Gasteiger partial charge >= 0.3 is 0 Å². The van der Waals surface area contributed by atoms with E-state index in [1.54, 1.807) is 18.9 Å². The summed E-state index contributed by atoms with van der Waals surface area (Å²) in [5.41, 5.74) is 1.24. The van der Waals surface area contributed by atoms with Crippen molar-refractivity contribution in [1.29, 1.82) is 0 Å². The number of thioether (sulfide) groups is 1. The molecule has 30 heavy (non-hydrogen) atoms. The van der Waals surface area contributed by atoms with E-state index in [0.717, 1.165) is 23.4 Å². The molecule has 3 aliphatic rings. The zero-order valence-corrected chi connectivity index (χ0v) is 18.3. The summed E-state index contributed by atoms with van der Waals surface area (Å²) in [5, 5.41) is 3.76. The molecule has 0 amide bonds. The van der Waals surface area contributed by atoms with E-state index in [9.17, 15) is 4.79 Å². The number of ether oxygens (including phenoxy) is 4. The molecule has 2 atom stereocenters. The van der Waals surface area contributed by atoms with Gasteiger partial charge in [0.25, 0.3) is 5.56 Å². The monoisotopic (exact) mass is 431 g/mol. The molecule has 160 valence electrons. The van der Waals surface area contributed by atoms with Gasteiger partial charge in [0.05, 0.1) is 34.6 Å². The van der Waals surface area contributed by atoms with Crippen LogP contribution < -0.4 is 19.8 Å². The van der Waals surface area contributed by atoms with Crippen LogP contribution in [0, 0.1) is 0 Å². The topological polar surface area (TPSA) is 87.1 Å². The molecule has 0 bridgehead atoms. The fourth-order valence-corrected chi connectivity index (χ4v) is 5.51. The first kappa shape index (κ1) is 19.6. The van der Waals surface area contributed by atoms with Crippen molar-refractivity contribution in [3.05, 3.63) is 33.6 Å². The zero-order chi connectivity index (χ0) is 21.0.